The second kappa shape index (κ2) is 5.35. The van der Waals surface area contributed by atoms with E-state index in [-0.39, 0.29) is 0 Å². The first-order valence-corrected chi connectivity index (χ1v) is 6.19. The molecule has 88 valence electrons. The Morgan fingerprint density at radius 3 is 2.50 bits per heavy atom. The summed E-state index contributed by atoms with van der Waals surface area (Å²) in [6.07, 6.45) is 2.69. The lowest BCUT2D eigenvalue weighted by Crippen LogP contribution is -2.21. The second-order valence-electron chi connectivity index (χ2n) is 4.93. The van der Waals surface area contributed by atoms with Gasteiger partial charge in [-0.25, -0.2) is 0 Å². The molecule has 0 atom stereocenters. The van der Waals surface area contributed by atoms with Crippen molar-refractivity contribution in [1.29, 1.82) is 0 Å². The molecule has 1 aromatic carbocycles. The normalized spacial score (nSPS) is 15.4. The van der Waals surface area contributed by atoms with E-state index in [0.717, 1.165) is 24.8 Å². The van der Waals surface area contributed by atoms with E-state index in [2.05, 4.69) is 43.4 Å². The minimum Gasteiger partial charge on any atom is -0.493 e. The molecule has 0 aliphatic heterocycles. The molecule has 0 aromatic heterocycles. The van der Waals surface area contributed by atoms with Crippen LogP contribution in [-0.2, 0) is 6.54 Å². The van der Waals surface area contributed by atoms with Crippen LogP contribution in [-0.4, -0.2) is 12.6 Å². The van der Waals surface area contributed by atoms with Crippen molar-refractivity contribution in [3.63, 3.8) is 0 Å². The smallest absolute Gasteiger partial charge is 0.119 e. The zero-order valence-electron chi connectivity index (χ0n) is 10.2. The highest BCUT2D eigenvalue weighted by atomic mass is 16.5. The van der Waals surface area contributed by atoms with Gasteiger partial charge in [0, 0.05) is 12.6 Å². The summed E-state index contributed by atoms with van der Waals surface area (Å²) in [7, 11) is 0. The topological polar surface area (TPSA) is 21.3 Å². The molecule has 1 aliphatic rings. The number of rotatable bonds is 6. The molecule has 0 amide bonds. The summed E-state index contributed by atoms with van der Waals surface area (Å²) in [6, 6.07) is 8.94. The van der Waals surface area contributed by atoms with Crippen LogP contribution in [0.15, 0.2) is 24.3 Å². The summed E-state index contributed by atoms with van der Waals surface area (Å²) in [5.41, 5.74) is 1.31. The maximum Gasteiger partial charge on any atom is 0.119 e. The zero-order valence-corrected chi connectivity index (χ0v) is 10.2. The van der Waals surface area contributed by atoms with Gasteiger partial charge in [-0.1, -0.05) is 26.0 Å². The average Bonchev–Trinajstić information content (AvgIpc) is 3.09. The van der Waals surface area contributed by atoms with Crippen LogP contribution < -0.4 is 10.1 Å². The Bertz CT molecular complexity index is 289. The van der Waals surface area contributed by atoms with Gasteiger partial charge in [0.15, 0.2) is 0 Å². The number of hydrogen-bond acceptors (Lipinski definition) is 2. The first-order valence-electron chi connectivity index (χ1n) is 6.19. The Labute approximate surface area is 98.0 Å². The van der Waals surface area contributed by atoms with Crippen LogP contribution in [0.2, 0.25) is 0 Å². The lowest BCUT2D eigenvalue weighted by molar-refractivity contribution is 0.299. The van der Waals surface area contributed by atoms with E-state index >= 15 is 0 Å². The van der Waals surface area contributed by atoms with Gasteiger partial charge in [-0.2, -0.15) is 0 Å². The SMILES string of the molecule is CC(C)NCc1ccc(OCC2CC2)cc1. The monoisotopic (exact) mass is 219 g/mol. The first kappa shape index (κ1) is 11.5. The Hall–Kier alpha value is -1.02. The molecular formula is C14H21NO. The van der Waals surface area contributed by atoms with Gasteiger partial charge in [0.25, 0.3) is 0 Å². The van der Waals surface area contributed by atoms with Crippen molar-refractivity contribution >= 4 is 0 Å². The Morgan fingerprint density at radius 1 is 1.25 bits per heavy atom. The van der Waals surface area contributed by atoms with Gasteiger partial charge in [-0.3, -0.25) is 0 Å². The predicted molar refractivity (Wildman–Crippen MR) is 66.6 cm³/mol. The van der Waals surface area contributed by atoms with Gasteiger partial charge >= 0.3 is 0 Å². The van der Waals surface area contributed by atoms with Crippen molar-refractivity contribution in [1.82, 2.24) is 5.32 Å². The number of hydrogen-bond donors (Lipinski definition) is 1. The van der Waals surface area contributed by atoms with E-state index in [0.29, 0.717) is 6.04 Å². The number of nitrogens with one attached hydrogen (secondary N) is 1. The van der Waals surface area contributed by atoms with E-state index in [1.807, 2.05) is 0 Å². The molecule has 1 fully saturated rings. The van der Waals surface area contributed by atoms with Crippen LogP contribution in [0, 0.1) is 5.92 Å². The van der Waals surface area contributed by atoms with Crippen molar-refractivity contribution in [3.05, 3.63) is 29.8 Å². The Kier molecular flexibility index (Phi) is 3.83. The molecule has 16 heavy (non-hydrogen) atoms. The van der Waals surface area contributed by atoms with E-state index in [1.54, 1.807) is 0 Å². The van der Waals surface area contributed by atoms with Crippen molar-refractivity contribution in [2.45, 2.75) is 39.3 Å². The molecular weight excluding hydrogens is 198 g/mol. The van der Waals surface area contributed by atoms with Crippen molar-refractivity contribution in [3.8, 4) is 5.75 Å². The lowest BCUT2D eigenvalue weighted by atomic mass is 10.2. The van der Waals surface area contributed by atoms with E-state index in [9.17, 15) is 0 Å². The fourth-order valence-corrected chi connectivity index (χ4v) is 1.52. The maximum atomic E-state index is 5.69. The summed E-state index contributed by atoms with van der Waals surface area (Å²) in [6.45, 7) is 6.14. The molecule has 0 radical (unpaired) electrons. The molecule has 0 spiro atoms. The third-order valence-corrected chi connectivity index (χ3v) is 2.82. The summed E-state index contributed by atoms with van der Waals surface area (Å²) in [4.78, 5) is 0. The van der Waals surface area contributed by atoms with Crippen molar-refractivity contribution in [2.75, 3.05) is 6.61 Å². The highest BCUT2D eigenvalue weighted by molar-refractivity contribution is 5.27. The fourth-order valence-electron chi connectivity index (χ4n) is 1.52. The maximum absolute atomic E-state index is 5.69. The molecule has 0 unspecified atom stereocenters. The average molecular weight is 219 g/mol. The van der Waals surface area contributed by atoms with Gasteiger partial charge < -0.3 is 10.1 Å². The molecule has 1 N–H and O–H groups in total. The largest absolute Gasteiger partial charge is 0.493 e. The quantitative estimate of drug-likeness (QED) is 0.794. The molecule has 1 aliphatic carbocycles. The molecule has 0 heterocycles. The summed E-state index contributed by atoms with van der Waals surface area (Å²) in [5.74, 6) is 1.82. The van der Waals surface area contributed by atoms with Crippen molar-refractivity contribution in [2.24, 2.45) is 5.92 Å². The standard InChI is InChI=1S/C14H21NO/c1-11(2)15-9-12-5-7-14(8-6-12)16-10-13-3-4-13/h5-8,11,13,15H,3-4,9-10H2,1-2H3. The molecule has 0 bridgehead atoms. The molecule has 2 rings (SSSR count). The third kappa shape index (κ3) is 3.86. The lowest BCUT2D eigenvalue weighted by Gasteiger charge is -2.09. The van der Waals surface area contributed by atoms with Gasteiger partial charge in [0.05, 0.1) is 6.61 Å². The molecule has 0 saturated heterocycles. The molecule has 1 saturated carbocycles. The van der Waals surface area contributed by atoms with E-state index < -0.39 is 0 Å². The Balaban J connectivity index is 1.78. The summed E-state index contributed by atoms with van der Waals surface area (Å²) >= 11 is 0. The van der Waals surface area contributed by atoms with Gasteiger partial charge in [0.2, 0.25) is 0 Å². The molecule has 1 aromatic rings. The summed E-state index contributed by atoms with van der Waals surface area (Å²) < 4.78 is 5.69. The van der Waals surface area contributed by atoms with E-state index in [1.165, 1.54) is 18.4 Å². The van der Waals surface area contributed by atoms with Gasteiger partial charge in [0.1, 0.15) is 5.75 Å². The Morgan fingerprint density at radius 2 is 1.94 bits per heavy atom. The van der Waals surface area contributed by atoms with Gasteiger partial charge in [-0.15, -0.1) is 0 Å². The van der Waals surface area contributed by atoms with Crippen LogP contribution in [0.1, 0.15) is 32.3 Å². The third-order valence-electron chi connectivity index (χ3n) is 2.82. The highest BCUT2D eigenvalue weighted by Crippen LogP contribution is 2.29. The first-order chi connectivity index (χ1) is 7.74. The number of ether oxygens (including phenoxy) is 1. The van der Waals surface area contributed by atoms with Crippen LogP contribution in [0.3, 0.4) is 0 Å². The van der Waals surface area contributed by atoms with Crippen LogP contribution >= 0.6 is 0 Å². The molecule has 2 heteroatoms. The zero-order chi connectivity index (χ0) is 11.4. The van der Waals surface area contributed by atoms with Crippen LogP contribution in [0.4, 0.5) is 0 Å². The second-order valence-corrected chi connectivity index (χ2v) is 4.93. The van der Waals surface area contributed by atoms with Crippen molar-refractivity contribution < 1.29 is 4.74 Å². The van der Waals surface area contributed by atoms with E-state index in [4.69, 9.17) is 4.74 Å². The highest BCUT2D eigenvalue weighted by Gasteiger charge is 2.21. The van der Waals surface area contributed by atoms with Crippen LogP contribution in [0.5, 0.6) is 5.75 Å². The fraction of sp³-hybridized carbons (Fsp3) is 0.571. The molecule has 2 nitrogen and oxygen atoms in total. The predicted octanol–water partition coefficient (Wildman–Crippen LogP) is 2.97. The van der Waals surface area contributed by atoms with Gasteiger partial charge in [-0.05, 0) is 36.5 Å². The summed E-state index contributed by atoms with van der Waals surface area (Å²) in [5, 5.41) is 3.40. The minimum atomic E-state index is 0.533. The number of benzene rings is 1. The van der Waals surface area contributed by atoms with Crippen LogP contribution in [0.25, 0.3) is 0 Å². The minimum absolute atomic E-state index is 0.533.